The molecule has 3 N–H and O–H groups in total. The van der Waals surface area contributed by atoms with Crippen molar-refractivity contribution in [3.8, 4) is 11.6 Å². The number of nitrogens with zero attached hydrogens (tertiary/aromatic N) is 4. The largest absolute Gasteiger partial charge is 0.461 e. The molecule has 2 aromatic heterocycles. The van der Waals surface area contributed by atoms with Gasteiger partial charge in [0.05, 0.1) is 18.5 Å². The number of furan rings is 1. The molecule has 0 aliphatic carbocycles. The number of fused-ring (bicyclic) bond motifs is 1. The predicted octanol–water partition coefficient (Wildman–Crippen LogP) is 1.64. The molecule has 13 heteroatoms. The number of aliphatic hydroxyl groups is 1. The van der Waals surface area contributed by atoms with Crippen LogP contribution in [0, 0.1) is 0 Å². The third-order valence-corrected chi connectivity index (χ3v) is 5.89. The van der Waals surface area contributed by atoms with Crippen molar-refractivity contribution in [3.05, 3.63) is 35.3 Å². The van der Waals surface area contributed by atoms with Crippen molar-refractivity contribution in [1.29, 1.82) is 0 Å². The van der Waals surface area contributed by atoms with E-state index in [9.17, 15) is 32.3 Å². The minimum Gasteiger partial charge on any atom is -0.461 e. The number of amides is 2. The van der Waals surface area contributed by atoms with E-state index in [4.69, 9.17) is 10.2 Å². The Morgan fingerprint density at radius 1 is 1.32 bits per heavy atom. The number of carbonyl (C=O) groups excluding carboxylic acids is 2. The summed E-state index contributed by atoms with van der Waals surface area (Å²) in [4.78, 5) is 34.9. The normalized spacial score (nSPS) is 22.0. The number of alkyl halides is 4. The van der Waals surface area contributed by atoms with Crippen LogP contribution in [0.15, 0.2) is 22.8 Å². The molecule has 34 heavy (non-hydrogen) atoms. The standard InChI is InChI=1S/C21H23F4N5O4/c22-13-3-4-16(31)30(20(13)33)9-11(26)8-17(32)29-6-5-12-14(10-29)27-19(15-2-1-7-34-15)28-18(12)21(23,24)25/h1-2,7,11,13,20,33H,3-6,8-10,26H2/t11-,13?,20?/m1/s1. The smallest absolute Gasteiger partial charge is 0.433 e. The third-order valence-electron chi connectivity index (χ3n) is 5.89. The first kappa shape index (κ1) is 24.1. The Morgan fingerprint density at radius 2 is 2.09 bits per heavy atom. The minimum atomic E-state index is -4.71. The Hall–Kier alpha value is -3.06. The first-order valence-corrected chi connectivity index (χ1v) is 10.7. The SMILES string of the molecule is N[C@H](CC(=O)N1CCc2c(nc(-c3ccco3)nc2C(F)(F)F)C1)CN1C(=O)CCC(F)C1O. The van der Waals surface area contributed by atoms with Crippen LogP contribution in [0.3, 0.4) is 0 Å². The molecule has 2 unspecified atom stereocenters. The molecular formula is C21H23F4N5O4. The lowest BCUT2D eigenvalue weighted by atomic mass is 10.0. The van der Waals surface area contributed by atoms with Crippen LogP contribution < -0.4 is 5.73 Å². The molecule has 0 aromatic carbocycles. The van der Waals surface area contributed by atoms with Crippen molar-refractivity contribution in [3.63, 3.8) is 0 Å². The zero-order valence-electron chi connectivity index (χ0n) is 18.0. The summed E-state index contributed by atoms with van der Waals surface area (Å²) in [6.07, 6.45) is -7.13. The van der Waals surface area contributed by atoms with Gasteiger partial charge in [0.15, 0.2) is 23.5 Å². The first-order valence-electron chi connectivity index (χ1n) is 10.7. The third kappa shape index (κ3) is 4.89. The van der Waals surface area contributed by atoms with Crippen LogP contribution in [0.2, 0.25) is 0 Å². The lowest BCUT2D eigenvalue weighted by Gasteiger charge is -2.36. The highest BCUT2D eigenvalue weighted by Gasteiger charge is 2.40. The lowest BCUT2D eigenvalue weighted by Crippen LogP contribution is -2.54. The van der Waals surface area contributed by atoms with E-state index in [2.05, 4.69) is 9.97 Å². The van der Waals surface area contributed by atoms with Gasteiger partial charge in [-0.25, -0.2) is 14.4 Å². The van der Waals surface area contributed by atoms with Crippen LogP contribution >= 0.6 is 0 Å². The molecule has 9 nitrogen and oxygen atoms in total. The summed E-state index contributed by atoms with van der Waals surface area (Å²) >= 11 is 0. The maximum absolute atomic E-state index is 13.7. The van der Waals surface area contributed by atoms with E-state index in [1.54, 1.807) is 0 Å². The van der Waals surface area contributed by atoms with Gasteiger partial charge in [-0.15, -0.1) is 0 Å². The molecule has 2 aromatic rings. The van der Waals surface area contributed by atoms with Gasteiger partial charge in [0, 0.05) is 37.5 Å². The maximum atomic E-state index is 13.7. The van der Waals surface area contributed by atoms with E-state index < -0.39 is 42.1 Å². The zero-order valence-corrected chi connectivity index (χ0v) is 18.0. The summed E-state index contributed by atoms with van der Waals surface area (Å²) in [6, 6.07) is 2.04. The van der Waals surface area contributed by atoms with E-state index in [0.29, 0.717) is 0 Å². The van der Waals surface area contributed by atoms with Crippen molar-refractivity contribution in [2.45, 2.75) is 56.8 Å². The van der Waals surface area contributed by atoms with E-state index >= 15 is 0 Å². The van der Waals surface area contributed by atoms with Crippen LogP contribution in [0.4, 0.5) is 17.6 Å². The summed E-state index contributed by atoms with van der Waals surface area (Å²) in [7, 11) is 0. The maximum Gasteiger partial charge on any atom is 0.433 e. The van der Waals surface area contributed by atoms with E-state index in [0.717, 1.165) is 4.90 Å². The van der Waals surface area contributed by atoms with Crippen molar-refractivity contribution < 1.29 is 36.7 Å². The van der Waals surface area contributed by atoms with Gasteiger partial charge in [0.2, 0.25) is 11.8 Å². The molecular weight excluding hydrogens is 462 g/mol. The average Bonchev–Trinajstić information content (AvgIpc) is 3.32. The molecule has 0 bridgehead atoms. The summed E-state index contributed by atoms with van der Waals surface area (Å²) in [5, 5.41) is 9.91. The first-order chi connectivity index (χ1) is 16.0. The van der Waals surface area contributed by atoms with Crippen molar-refractivity contribution in [2.24, 2.45) is 5.73 Å². The fraction of sp³-hybridized carbons (Fsp3) is 0.524. The number of nitrogens with two attached hydrogens (primary N) is 1. The highest BCUT2D eigenvalue weighted by Crippen LogP contribution is 2.35. The minimum absolute atomic E-state index is 0.00289. The number of hydrogen-bond donors (Lipinski definition) is 2. The Balaban J connectivity index is 1.48. The van der Waals surface area contributed by atoms with E-state index in [1.165, 1.54) is 23.3 Å². The molecule has 2 amide bonds. The molecule has 2 aliphatic heterocycles. The Kier molecular flexibility index (Phi) is 6.58. The molecule has 2 aliphatic rings. The van der Waals surface area contributed by atoms with Crippen molar-refractivity contribution >= 4 is 11.8 Å². The molecule has 1 fully saturated rings. The van der Waals surface area contributed by atoms with Crippen molar-refractivity contribution in [2.75, 3.05) is 13.1 Å². The van der Waals surface area contributed by atoms with Gasteiger partial charge in [-0.2, -0.15) is 13.2 Å². The average molecular weight is 485 g/mol. The van der Waals surface area contributed by atoms with E-state index in [1.807, 2.05) is 0 Å². The summed E-state index contributed by atoms with van der Waals surface area (Å²) < 4.78 is 59.8. The quantitative estimate of drug-likeness (QED) is 0.617. The molecule has 0 spiro atoms. The van der Waals surface area contributed by atoms with Crippen molar-refractivity contribution in [1.82, 2.24) is 19.8 Å². The summed E-state index contributed by atoms with van der Waals surface area (Å²) in [5.74, 6) is -1.09. The number of hydrogen-bond acceptors (Lipinski definition) is 7. The Morgan fingerprint density at radius 3 is 2.76 bits per heavy atom. The number of halogens is 4. The van der Waals surface area contributed by atoms with Gasteiger partial charge in [0.25, 0.3) is 0 Å². The van der Waals surface area contributed by atoms with Crippen LogP contribution in [-0.2, 0) is 28.7 Å². The van der Waals surface area contributed by atoms with Gasteiger partial charge in [-0.05, 0) is 25.0 Å². The van der Waals surface area contributed by atoms with Gasteiger partial charge in [-0.1, -0.05) is 0 Å². The predicted molar refractivity (Wildman–Crippen MR) is 108 cm³/mol. The second-order valence-corrected chi connectivity index (χ2v) is 8.34. The molecule has 4 heterocycles. The number of aliphatic hydroxyl groups excluding tert-OH is 1. The summed E-state index contributed by atoms with van der Waals surface area (Å²) in [5.41, 5.74) is 4.90. The monoisotopic (exact) mass is 485 g/mol. The van der Waals surface area contributed by atoms with Crippen LogP contribution in [-0.4, -0.2) is 68.2 Å². The highest BCUT2D eigenvalue weighted by atomic mass is 19.4. The number of carbonyl (C=O) groups is 2. The number of likely N-dealkylation sites (tertiary alicyclic amines) is 1. The molecule has 0 saturated carbocycles. The van der Waals surface area contributed by atoms with Crippen LogP contribution in [0.1, 0.15) is 36.2 Å². The molecule has 3 atom stereocenters. The topological polar surface area (TPSA) is 126 Å². The lowest BCUT2D eigenvalue weighted by molar-refractivity contribution is -0.155. The van der Waals surface area contributed by atoms with Gasteiger partial charge < -0.3 is 25.1 Å². The Labute approximate surface area is 191 Å². The van der Waals surface area contributed by atoms with E-state index in [-0.39, 0.29) is 68.2 Å². The zero-order chi connectivity index (χ0) is 24.6. The fourth-order valence-corrected chi connectivity index (χ4v) is 4.17. The van der Waals surface area contributed by atoms with Crippen LogP contribution in [0.5, 0.6) is 0 Å². The molecule has 1 saturated heterocycles. The number of aromatic nitrogens is 2. The summed E-state index contributed by atoms with van der Waals surface area (Å²) in [6.45, 7) is -0.402. The second-order valence-electron chi connectivity index (χ2n) is 8.34. The second kappa shape index (κ2) is 9.29. The molecule has 184 valence electrons. The Bertz CT molecular complexity index is 1060. The van der Waals surface area contributed by atoms with Gasteiger partial charge >= 0.3 is 6.18 Å². The fourth-order valence-electron chi connectivity index (χ4n) is 4.17. The molecule has 0 radical (unpaired) electrons. The highest BCUT2D eigenvalue weighted by molar-refractivity contribution is 5.79. The van der Waals surface area contributed by atoms with Crippen LogP contribution in [0.25, 0.3) is 11.6 Å². The van der Waals surface area contributed by atoms with Gasteiger partial charge in [0.1, 0.15) is 6.17 Å². The number of piperidine rings is 1. The molecule has 4 rings (SSSR count). The van der Waals surface area contributed by atoms with Gasteiger partial charge in [-0.3, -0.25) is 9.59 Å². The number of rotatable bonds is 5.